The van der Waals surface area contributed by atoms with Crippen molar-refractivity contribution < 1.29 is 0 Å². The standard InChI is InChI=1S/C16H16S/c1-3-14-10-9-13(2)11-15(14)12-17-16-7-5-4-6-8-16/h3-11H,1,12H2,2H3. The van der Waals surface area contributed by atoms with Crippen LogP contribution in [-0.2, 0) is 5.75 Å². The van der Waals surface area contributed by atoms with E-state index in [1.807, 2.05) is 23.9 Å². The average molecular weight is 240 g/mol. The second-order valence-electron chi connectivity index (χ2n) is 4.01. The molecule has 0 nitrogen and oxygen atoms in total. The van der Waals surface area contributed by atoms with E-state index in [-0.39, 0.29) is 0 Å². The summed E-state index contributed by atoms with van der Waals surface area (Å²) in [4.78, 5) is 1.31. The molecular formula is C16H16S. The topological polar surface area (TPSA) is 0 Å². The summed E-state index contributed by atoms with van der Waals surface area (Å²) in [6.07, 6.45) is 1.93. The summed E-state index contributed by atoms with van der Waals surface area (Å²) < 4.78 is 0. The van der Waals surface area contributed by atoms with Crippen LogP contribution in [0.3, 0.4) is 0 Å². The molecule has 0 aliphatic rings. The first-order valence-corrected chi connectivity index (χ1v) is 6.68. The zero-order valence-electron chi connectivity index (χ0n) is 10.0. The lowest BCUT2D eigenvalue weighted by Gasteiger charge is -2.07. The van der Waals surface area contributed by atoms with Crippen LogP contribution in [0.2, 0.25) is 0 Å². The van der Waals surface area contributed by atoms with Gasteiger partial charge in [0.25, 0.3) is 0 Å². The van der Waals surface area contributed by atoms with Crippen molar-refractivity contribution in [3.8, 4) is 0 Å². The van der Waals surface area contributed by atoms with Gasteiger partial charge in [-0.1, -0.05) is 54.6 Å². The number of hydrogen-bond donors (Lipinski definition) is 0. The molecule has 0 fully saturated rings. The normalized spacial score (nSPS) is 10.2. The minimum atomic E-state index is 0.993. The zero-order valence-corrected chi connectivity index (χ0v) is 10.8. The number of hydrogen-bond acceptors (Lipinski definition) is 1. The van der Waals surface area contributed by atoms with Crippen molar-refractivity contribution in [1.82, 2.24) is 0 Å². The molecule has 2 aromatic rings. The molecule has 0 saturated carbocycles. The van der Waals surface area contributed by atoms with Gasteiger partial charge in [-0.05, 0) is 30.2 Å². The summed E-state index contributed by atoms with van der Waals surface area (Å²) >= 11 is 1.86. The van der Waals surface area contributed by atoms with Crippen LogP contribution in [0.4, 0.5) is 0 Å². The Morgan fingerprint density at radius 1 is 1.12 bits per heavy atom. The van der Waals surface area contributed by atoms with Gasteiger partial charge in [-0.15, -0.1) is 11.8 Å². The molecule has 0 heterocycles. The van der Waals surface area contributed by atoms with Gasteiger partial charge in [0.1, 0.15) is 0 Å². The van der Waals surface area contributed by atoms with E-state index in [1.54, 1.807) is 0 Å². The van der Waals surface area contributed by atoms with Crippen molar-refractivity contribution in [3.63, 3.8) is 0 Å². The van der Waals surface area contributed by atoms with E-state index < -0.39 is 0 Å². The number of benzene rings is 2. The molecule has 0 amide bonds. The van der Waals surface area contributed by atoms with Gasteiger partial charge in [-0.3, -0.25) is 0 Å². The van der Waals surface area contributed by atoms with Gasteiger partial charge in [0.2, 0.25) is 0 Å². The summed E-state index contributed by atoms with van der Waals surface area (Å²) in [5, 5.41) is 0. The first kappa shape index (κ1) is 12.0. The van der Waals surface area contributed by atoms with E-state index in [4.69, 9.17) is 0 Å². The van der Waals surface area contributed by atoms with Crippen molar-refractivity contribution in [2.45, 2.75) is 17.6 Å². The number of rotatable bonds is 4. The molecule has 2 aromatic carbocycles. The highest BCUT2D eigenvalue weighted by Gasteiger charge is 2.01. The van der Waals surface area contributed by atoms with Gasteiger partial charge in [0.15, 0.2) is 0 Å². The fraction of sp³-hybridized carbons (Fsp3) is 0.125. The molecule has 0 bridgehead atoms. The third-order valence-electron chi connectivity index (χ3n) is 2.66. The van der Waals surface area contributed by atoms with E-state index in [0.29, 0.717) is 0 Å². The van der Waals surface area contributed by atoms with Crippen molar-refractivity contribution >= 4 is 17.8 Å². The summed E-state index contributed by atoms with van der Waals surface area (Å²) in [6, 6.07) is 17.0. The van der Waals surface area contributed by atoms with Crippen LogP contribution in [0.1, 0.15) is 16.7 Å². The van der Waals surface area contributed by atoms with Crippen molar-refractivity contribution in [1.29, 1.82) is 0 Å². The maximum Gasteiger partial charge on any atom is 0.0238 e. The highest BCUT2D eigenvalue weighted by Crippen LogP contribution is 2.25. The van der Waals surface area contributed by atoms with Crippen LogP contribution in [0, 0.1) is 6.92 Å². The fourth-order valence-corrected chi connectivity index (χ4v) is 2.66. The monoisotopic (exact) mass is 240 g/mol. The van der Waals surface area contributed by atoms with Gasteiger partial charge < -0.3 is 0 Å². The predicted octanol–water partition coefficient (Wildman–Crippen LogP) is 4.93. The predicted molar refractivity (Wildman–Crippen MR) is 77.3 cm³/mol. The molecule has 1 heteroatoms. The Morgan fingerprint density at radius 2 is 1.88 bits per heavy atom. The third-order valence-corrected chi connectivity index (χ3v) is 3.72. The SMILES string of the molecule is C=Cc1ccc(C)cc1CSc1ccccc1. The average Bonchev–Trinajstić information content (AvgIpc) is 2.38. The maximum atomic E-state index is 3.87. The minimum Gasteiger partial charge on any atom is -0.121 e. The zero-order chi connectivity index (χ0) is 12.1. The van der Waals surface area contributed by atoms with E-state index in [9.17, 15) is 0 Å². The quantitative estimate of drug-likeness (QED) is 0.683. The van der Waals surface area contributed by atoms with Crippen molar-refractivity contribution in [3.05, 3.63) is 71.8 Å². The Morgan fingerprint density at radius 3 is 2.59 bits per heavy atom. The molecule has 17 heavy (non-hydrogen) atoms. The van der Waals surface area contributed by atoms with Crippen LogP contribution < -0.4 is 0 Å². The molecule has 0 saturated heterocycles. The molecule has 0 unspecified atom stereocenters. The number of thioether (sulfide) groups is 1. The molecule has 0 N–H and O–H groups in total. The van der Waals surface area contributed by atoms with Crippen molar-refractivity contribution in [2.75, 3.05) is 0 Å². The summed E-state index contributed by atoms with van der Waals surface area (Å²) in [6.45, 7) is 6.00. The van der Waals surface area contributed by atoms with Gasteiger partial charge in [-0.25, -0.2) is 0 Å². The first-order chi connectivity index (χ1) is 8.29. The summed E-state index contributed by atoms with van der Waals surface area (Å²) in [5.74, 6) is 0.993. The lowest BCUT2D eigenvalue weighted by atomic mass is 10.1. The molecule has 0 aliphatic heterocycles. The highest BCUT2D eigenvalue weighted by atomic mass is 32.2. The molecule has 0 spiro atoms. The molecule has 0 aliphatic carbocycles. The van der Waals surface area contributed by atoms with Crippen LogP contribution in [0.15, 0.2) is 60.0 Å². The molecule has 2 rings (SSSR count). The second kappa shape index (κ2) is 5.74. The lowest BCUT2D eigenvalue weighted by molar-refractivity contribution is 1.33. The van der Waals surface area contributed by atoms with Crippen LogP contribution in [0.25, 0.3) is 6.08 Å². The molecular weight excluding hydrogens is 224 g/mol. The molecule has 0 atom stereocenters. The lowest BCUT2D eigenvalue weighted by Crippen LogP contribution is -1.87. The minimum absolute atomic E-state index is 0.993. The van der Waals surface area contributed by atoms with Gasteiger partial charge >= 0.3 is 0 Å². The van der Waals surface area contributed by atoms with E-state index in [2.05, 4.69) is 56.0 Å². The van der Waals surface area contributed by atoms with Crippen LogP contribution >= 0.6 is 11.8 Å². The highest BCUT2D eigenvalue weighted by molar-refractivity contribution is 7.98. The molecule has 86 valence electrons. The van der Waals surface area contributed by atoms with Crippen LogP contribution in [0.5, 0.6) is 0 Å². The van der Waals surface area contributed by atoms with Crippen LogP contribution in [-0.4, -0.2) is 0 Å². The van der Waals surface area contributed by atoms with Gasteiger partial charge in [-0.2, -0.15) is 0 Å². The Kier molecular flexibility index (Phi) is 4.05. The Balaban J connectivity index is 2.13. The van der Waals surface area contributed by atoms with E-state index >= 15 is 0 Å². The molecule has 0 radical (unpaired) electrons. The third kappa shape index (κ3) is 3.24. The maximum absolute atomic E-state index is 3.87. The first-order valence-electron chi connectivity index (χ1n) is 5.69. The Bertz CT molecular complexity index is 500. The van der Waals surface area contributed by atoms with E-state index in [0.717, 1.165) is 5.75 Å². The fourth-order valence-electron chi connectivity index (χ4n) is 1.74. The second-order valence-corrected chi connectivity index (χ2v) is 5.06. The van der Waals surface area contributed by atoms with Crippen molar-refractivity contribution in [2.24, 2.45) is 0 Å². The van der Waals surface area contributed by atoms with Gasteiger partial charge in [0.05, 0.1) is 0 Å². The largest absolute Gasteiger partial charge is 0.121 e. The van der Waals surface area contributed by atoms with Gasteiger partial charge in [0, 0.05) is 10.6 Å². The van der Waals surface area contributed by atoms with E-state index in [1.165, 1.54) is 21.6 Å². The molecule has 0 aromatic heterocycles. The Hall–Kier alpha value is -1.47. The smallest absolute Gasteiger partial charge is 0.0238 e. The summed E-state index contributed by atoms with van der Waals surface area (Å²) in [5.41, 5.74) is 3.90. The number of aryl methyl sites for hydroxylation is 1. The summed E-state index contributed by atoms with van der Waals surface area (Å²) in [7, 11) is 0. The Labute approximate surface area is 107 Å².